The third-order valence-corrected chi connectivity index (χ3v) is 2.90. The quantitative estimate of drug-likeness (QED) is 0.516. The minimum absolute atomic E-state index is 0.132. The van der Waals surface area contributed by atoms with Gasteiger partial charge >= 0.3 is 5.97 Å². The Hall–Kier alpha value is -1.07. The van der Waals surface area contributed by atoms with Gasteiger partial charge in [-0.2, -0.15) is 0 Å². The van der Waals surface area contributed by atoms with E-state index in [2.05, 4.69) is 15.9 Å². The number of ether oxygens (including phenoxy) is 2. The summed E-state index contributed by atoms with van der Waals surface area (Å²) in [6.45, 7) is 4.48. The second-order valence-corrected chi connectivity index (χ2v) is 4.56. The molecule has 1 aromatic carbocycles. The van der Waals surface area contributed by atoms with Gasteiger partial charge in [0.05, 0.1) is 22.7 Å². The molecule has 0 bridgehead atoms. The fourth-order valence-electron chi connectivity index (χ4n) is 1.20. The highest BCUT2D eigenvalue weighted by Crippen LogP contribution is 2.24. The van der Waals surface area contributed by atoms with Crippen molar-refractivity contribution in [1.82, 2.24) is 0 Å². The van der Waals surface area contributed by atoms with Crippen molar-refractivity contribution < 1.29 is 14.3 Å². The molecule has 0 fully saturated rings. The number of carbonyl (C=O) groups is 1. The van der Waals surface area contributed by atoms with E-state index in [0.717, 1.165) is 0 Å². The van der Waals surface area contributed by atoms with E-state index in [4.69, 9.17) is 15.2 Å². The number of rotatable bonds is 5. The number of anilines is 1. The van der Waals surface area contributed by atoms with Gasteiger partial charge in [0.2, 0.25) is 0 Å². The highest BCUT2D eigenvalue weighted by molar-refractivity contribution is 9.10. The number of hydrogen-bond donors (Lipinski definition) is 1. The minimum Gasteiger partial charge on any atom is -0.460 e. The summed E-state index contributed by atoms with van der Waals surface area (Å²) in [6.07, 6.45) is 0.132. The number of carbonyl (C=O) groups excluding carboxylic acids is 1. The highest BCUT2D eigenvalue weighted by Gasteiger charge is 2.12. The molecule has 0 heterocycles. The average molecular weight is 302 g/mol. The smallest absolute Gasteiger partial charge is 0.339 e. The van der Waals surface area contributed by atoms with Crippen LogP contribution in [-0.2, 0) is 9.47 Å². The van der Waals surface area contributed by atoms with E-state index in [1.807, 2.05) is 13.8 Å². The molecule has 1 aromatic rings. The Kier molecular flexibility index (Phi) is 5.44. The molecule has 0 aliphatic heterocycles. The third kappa shape index (κ3) is 4.36. The maximum absolute atomic E-state index is 11.7. The first-order chi connectivity index (χ1) is 8.02. The largest absolute Gasteiger partial charge is 0.460 e. The molecule has 94 valence electrons. The normalized spacial score (nSPS) is 10.6. The molecular weight excluding hydrogens is 286 g/mol. The van der Waals surface area contributed by atoms with Gasteiger partial charge in [-0.15, -0.1) is 0 Å². The van der Waals surface area contributed by atoms with Gasteiger partial charge in [-0.1, -0.05) is 6.07 Å². The van der Waals surface area contributed by atoms with Crippen molar-refractivity contribution in [3.05, 3.63) is 28.2 Å². The molecule has 0 amide bonds. The van der Waals surface area contributed by atoms with Crippen LogP contribution in [0.3, 0.4) is 0 Å². The molecule has 0 aliphatic rings. The van der Waals surface area contributed by atoms with E-state index in [0.29, 0.717) is 22.3 Å². The molecule has 0 spiro atoms. The second-order valence-electron chi connectivity index (χ2n) is 3.76. The number of benzene rings is 1. The van der Waals surface area contributed by atoms with E-state index in [1.165, 1.54) is 0 Å². The molecular formula is C12H16BrNO3. The Morgan fingerprint density at radius 3 is 2.76 bits per heavy atom. The highest BCUT2D eigenvalue weighted by atomic mass is 79.9. The molecule has 0 atom stereocenters. The van der Waals surface area contributed by atoms with E-state index in [1.54, 1.807) is 18.2 Å². The number of esters is 1. The molecule has 0 aliphatic carbocycles. The van der Waals surface area contributed by atoms with E-state index in [-0.39, 0.29) is 12.7 Å². The molecule has 0 saturated heterocycles. The first-order valence-electron chi connectivity index (χ1n) is 5.35. The van der Waals surface area contributed by atoms with Crippen molar-refractivity contribution in [3.8, 4) is 0 Å². The Labute approximate surface area is 109 Å². The van der Waals surface area contributed by atoms with Crippen LogP contribution in [0.1, 0.15) is 24.2 Å². The summed E-state index contributed by atoms with van der Waals surface area (Å²) in [5.74, 6) is -0.406. The van der Waals surface area contributed by atoms with Gasteiger partial charge in [0, 0.05) is 5.69 Å². The molecule has 0 unspecified atom stereocenters. The molecule has 0 saturated carbocycles. The van der Waals surface area contributed by atoms with Crippen LogP contribution in [-0.4, -0.2) is 25.3 Å². The lowest BCUT2D eigenvalue weighted by atomic mass is 10.2. The topological polar surface area (TPSA) is 61.5 Å². The maximum atomic E-state index is 11.7. The zero-order valence-corrected chi connectivity index (χ0v) is 11.5. The summed E-state index contributed by atoms with van der Waals surface area (Å²) in [6, 6.07) is 5.08. The first-order valence-corrected chi connectivity index (χ1v) is 6.14. The maximum Gasteiger partial charge on any atom is 0.339 e. The second kappa shape index (κ2) is 6.61. The summed E-state index contributed by atoms with van der Waals surface area (Å²) >= 11 is 3.26. The zero-order chi connectivity index (χ0) is 12.8. The van der Waals surface area contributed by atoms with Crippen LogP contribution in [0.5, 0.6) is 0 Å². The average Bonchev–Trinajstić information content (AvgIpc) is 2.27. The summed E-state index contributed by atoms with van der Waals surface area (Å²) < 4.78 is 10.9. The first kappa shape index (κ1) is 14.0. The standard InChI is InChI=1S/C12H16BrNO3/c1-8(2)16-6-7-17-12(15)9-4-3-5-10(14)11(9)13/h3-5,8H,6-7,14H2,1-2H3. The molecule has 2 N–H and O–H groups in total. The van der Waals surface area contributed by atoms with Crippen molar-refractivity contribution in [2.75, 3.05) is 18.9 Å². The fourth-order valence-corrected chi connectivity index (χ4v) is 1.63. The van der Waals surface area contributed by atoms with Crippen molar-refractivity contribution in [2.24, 2.45) is 0 Å². The van der Waals surface area contributed by atoms with Crippen LogP contribution >= 0.6 is 15.9 Å². The summed E-state index contributed by atoms with van der Waals surface area (Å²) in [7, 11) is 0. The van der Waals surface area contributed by atoms with Crippen molar-refractivity contribution >= 4 is 27.6 Å². The molecule has 0 aromatic heterocycles. The van der Waals surface area contributed by atoms with E-state index >= 15 is 0 Å². The lowest BCUT2D eigenvalue weighted by Gasteiger charge is -2.09. The van der Waals surface area contributed by atoms with Crippen LogP contribution < -0.4 is 5.73 Å². The van der Waals surface area contributed by atoms with Gasteiger partial charge in [0.25, 0.3) is 0 Å². The van der Waals surface area contributed by atoms with Crippen molar-refractivity contribution in [1.29, 1.82) is 0 Å². The van der Waals surface area contributed by atoms with Crippen LogP contribution in [0.4, 0.5) is 5.69 Å². The Morgan fingerprint density at radius 2 is 2.12 bits per heavy atom. The summed E-state index contributed by atoms with van der Waals surface area (Å²) in [5, 5.41) is 0. The van der Waals surface area contributed by atoms with Gasteiger partial charge in [-0.3, -0.25) is 0 Å². The Balaban J connectivity index is 2.50. The van der Waals surface area contributed by atoms with E-state index in [9.17, 15) is 4.79 Å². The Bertz CT molecular complexity index is 393. The summed E-state index contributed by atoms with van der Waals surface area (Å²) in [4.78, 5) is 11.7. The Morgan fingerprint density at radius 1 is 1.41 bits per heavy atom. The molecule has 5 heteroatoms. The monoisotopic (exact) mass is 301 g/mol. The van der Waals surface area contributed by atoms with Crippen LogP contribution in [0, 0.1) is 0 Å². The van der Waals surface area contributed by atoms with Crippen molar-refractivity contribution in [2.45, 2.75) is 20.0 Å². The van der Waals surface area contributed by atoms with Crippen LogP contribution in [0.25, 0.3) is 0 Å². The van der Waals surface area contributed by atoms with E-state index < -0.39 is 5.97 Å². The van der Waals surface area contributed by atoms with Gasteiger partial charge < -0.3 is 15.2 Å². The predicted octanol–water partition coefficient (Wildman–Crippen LogP) is 2.61. The fraction of sp³-hybridized carbons (Fsp3) is 0.417. The SMILES string of the molecule is CC(C)OCCOC(=O)c1cccc(N)c1Br. The number of hydrogen-bond acceptors (Lipinski definition) is 4. The lowest BCUT2D eigenvalue weighted by Crippen LogP contribution is -2.14. The van der Waals surface area contributed by atoms with Crippen LogP contribution in [0.15, 0.2) is 22.7 Å². The zero-order valence-electron chi connectivity index (χ0n) is 9.90. The molecule has 1 rings (SSSR count). The molecule has 0 radical (unpaired) electrons. The number of nitrogen functional groups attached to an aromatic ring is 1. The number of halogens is 1. The van der Waals surface area contributed by atoms with Gasteiger partial charge in [-0.25, -0.2) is 4.79 Å². The predicted molar refractivity (Wildman–Crippen MR) is 69.9 cm³/mol. The molecule has 4 nitrogen and oxygen atoms in total. The third-order valence-electron chi connectivity index (χ3n) is 2.02. The van der Waals surface area contributed by atoms with Gasteiger partial charge in [0.1, 0.15) is 6.61 Å². The van der Waals surface area contributed by atoms with Gasteiger partial charge in [-0.05, 0) is 41.9 Å². The minimum atomic E-state index is -0.406. The lowest BCUT2D eigenvalue weighted by molar-refractivity contribution is 0.0176. The van der Waals surface area contributed by atoms with Crippen molar-refractivity contribution in [3.63, 3.8) is 0 Å². The molecule has 17 heavy (non-hydrogen) atoms. The number of nitrogens with two attached hydrogens (primary N) is 1. The van der Waals surface area contributed by atoms with Gasteiger partial charge in [0.15, 0.2) is 0 Å². The van der Waals surface area contributed by atoms with Crippen LogP contribution in [0.2, 0.25) is 0 Å². The summed E-state index contributed by atoms with van der Waals surface area (Å²) in [5.41, 5.74) is 6.61.